The van der Waals surface area contributed by atoms with Gasteiger partial charge in [0.15, 0.2) is 0 Å². The maximum atomic E-state index is 13.4. The molecule has 3 aromatic rings. The van der Waals surface area contributed by atoms with Gasteiger partial charge in [-0.05, 0) is 30.2 Å². The molecule has 4 rings (SSSR count). The van der Waals surface area contributed by atoms with Gasteiger partial charge in [0.25, 0.3) is 11.5 Å². The number of carboxylic acids is 1. The Morgan fingerprint density at radius 3 is 2.68 bits per heavy atom. The van der Waals surface area contributed by atoms with Crippen LogP contribution >= 0.6 is 24.0 Å². The Morgan fingerprint density at radius 2 is 1.97 bits per heavy atom. The molecule has 0 unspecified atom stereocenters. The van der Waals surface area contributed by atoms with Crippen molar-refractivity contribution in [3.63, 3.8) is 0 Å². The Kier molecular flexibility index (Phi) is 6.77. The first-order chi connectivity index (χ1) is 16.3. The minimum atomic E-state index is -1.20. The number of fused-ring (bicyclic) bond motifs is 1. The number of aliphatic hydroxyl groups is 1. The van der Waals surface area contributed by atoms with Crippen LogP contribution in [0.2, 0.25) is 0 Å². The molecule has 0 aliphatic carbocycles. The summed E-state index contributed by atoms with van der Waals surface area (Å²) in [4.78, 5) is 42.9. The summed E-state index contributed by atoms with van der Waals surface area (Å²) in [6, 6.07) is 12.6. The maximum absolute atomic E-state index is 13.4. The van der Waals surface area contributed by atoms with E-state index >= 15 is 0 Å². The van der Waals surface area contributed by atoms with Crippen LogP contribution in [-0.4, -0.2) is 53.8 Å². The number of amides is 1. The number of thiocarbonyl (C=S) groups is 1. The number of aliphatic hydroxyl groups excluding tert-OH is 1. The molecule has 11 heteroatoms. The fourth-order valence-corrected chi connectivity index (χ4v) is 4.70. The maximum Gasteiger partial charge on any atom is 0.323 e. The summed E-state index contributed by atoms with van der Waals surface area (Å²) in [5.74, 6) is -1.60. The lowest BCUT2D eigenvalue weighted by atomic mass is 10.1. The molecule has 174 valence electrons. The Bertz CT molecular complexity index is 1390. The first-order valence-corrected chi connectivity index (χ1v) is 11.4. The first kappa shape index (κ1) is 23.6. The minimum Gasteiger partial charge on any atom is -0.480 e. The lowest BCUT2D eigenvalue weighted by Crippen LogP contribution is -2.33. The highest BCUT2D eigenvalue weighted by atomic mass is 32.2. The van der Waals surface area contributed by atoms with Gasteiger partial charge < -0.3 is 15.5 Å². The number of aryl methyl sites for hydroxylation is 1. The standard InChI is InChI=1S/C23H20N4O5S2/c1-13-6-5-9-26-20(13)25-19(24-11-16(28)14-7-3-2-4-8-14)15(21(26)31)10-17-22(32)27(12-18(29)30)23(33)34-17/h2-10,16,24,28H,11-12H2,1H3,(H,29,30)/b17-10-/t16-/m0/s1. The van der Waals surface area contributed by atoms with Gasteiger partial charge in [0, 0.05) is 12.7 Å². The number of pyridine rings is 1. The van der Waals surface area contributed by atoms with Gasteiger partial charge in [0.2, 0.25) is 0 Å². The third kappa shape index (κ3) is 4.72. The number of thioether (sulfide) groups is 1. The van der Waals surface area contributed by atoms with E-state index in [0.29, 0.717) is 11.2 Å². The summed E-state index contributed by atoms with van der Waals surface area (Å²) in [5.41, 5.74) is 1.57. The Hall–Kier alpha value is -3.54. The van der Waals surface area contributed by atoms with Gasteiger partial charge in [-0.2, -0.15) is 0 Å². The van der Waals surface area contributed by atoms with Crippen molar-refractivity contribution in [3.8, 4) is 0 Å². The summed E-state index contributed by atoms with van der Waals surface area (Å²) >= 11 is 6.06. The van der Waals surface area contributed by atoms with Gasteiger partial charge in [-0.3, -0.25) is 23.7 Å². The molecule has 1 amide bonds. The highest BCUT2D eigenvalue weighted by molar-refractivity contribution is 8.26. The van der Waals surface area contributed by atoms with Crippen LogP contribution in [0.25, 0.3) is 11.7 Å². The number of rotatable bonds is 7. The van der Waals surface area contributed by atoms with E-state index in [4.69, 9.17) is 17.3 Å². The molecule has 1 aliphatic heterocycles. The summed E-state index contributed by atoms with van der Waals surface area (Å²) < 4.78 is 1.47. The van der Waals surface area contributed by atoms with Gasteiger partial charge >= 0.3 is 5.97 Å². The van der Waals surface area contributed by atoms with Crippen LogP contribution in [0.15, 0.2) is 58.4 Å². The second-order valence-corrected chi connectivity index (χ2v) is 9.21. The zero-order chi connectivity index (χ0) is 24.4. The van der Waals surface area contributed by atoms with E-state index in [1.807, 2.05) is 31.2 Å². The molecular formula is C23H20N4O5S2. The lowest BCUT2D eigenvalue weighted by Gasteiger charge is -2.15. The van der Waals surface area contributed by atoms with E-state index in [-0.39, 0.29) is 27.2 Å². The third-order valence-corrected chi connectivity index (χ3v) is 6.55. The van der Waals surface area contributed by atoms with E-state index < -0.39 is 30.1 Å². The number of carbonyl (C=O) groups is 2. The van der Waals surface area contributed by atoms with Crippen molar-refractivity contribution in [3.05, 3.63) is 80.6 Å². The zero-order valence-corrected chi connectivity index (χ0v) is 19.6. The van der Waals surface area contributed by atoms with Crippen molar-refractivity contribution in [1.82, 2.24) is 14.3 Å². The second-order valence-electron chi connectivity index (χ2n) is 7.53. The van der Waals surface area contributed by atoms with E-state index in [2.05, 4.69) is 10.3 Å². The van der Waals surface area contributed by atoms with E-state index in [9.17, 15) is 19.5 Å². The number of anilines is 1. The number of aliphatic carboxylic acids is 1. The Balaban J connectivity index is 1.76. The summed E-state index contributed by atoms with van der Waals surface area (Å²) in [7, 11) is 0. The van der Waals surface area contributed by atoms with Crippen LogP contribution in [0.3, 0.4) is 0 Å². The van der Waals surface area contributed by atoms with Crippen molar-refractivity contribution in [1.29, 1.82) is 0 Å². The largest absolute Gasteiger partial charge is 0.480 e. The third-order valence-electron chi connectivity index (χ3n) is 5.17. The van der Waals surface area contributed by atoms with Crippen LogP contribution in [0.5, 0.6) is 0 Å². The number of hydrogen-bond acceptors (Lipinski definition) is 8. The number of nitrogens with zero attached hydrogens (tertiary/aromatic N) is 3. The average molecular weight is 497 g/mol. The van der Waals surface area contributed by atoms with Crippen molar-refractivity contribution in [2.24, 2.45) is 0 Å². The molecule has 1 atom stereocenters. The summed E-state index contributed by atoms with van der Waals surface area (Å²) in [6.07, 6.45) is 2.08. The zero-order valence-electron chi connectivity index (χ0n) is 18.0. The van der Waals surface area contributed by atoms with Gasteiger partial charge in [0.05, 0.1) is 16.6 Å². The smallest absolute Gasteiger partial charge is 0.323 e. The number of nitrogens with one attached hydrogen (secondary N) is 1. The molecule has 2 aromatic heterocycles. The number of aromatic nitrogens is 2. The molecule has 3 heterocycles. The van der Waals surface area contributed by atoms with Gasteiger partial charge in [-0.1, -0.05) is 60.4 Å². The summed E-state index contributed by atoms with van der Waals surface area (Å²) in [5, 5.41) is 22.7. The predicted molar refractivity (Wildman–Crippen MR) is 134 cm³/mol. The molecule has 3 N–H and O–H groups in total. The molecule has 1 aliphatic rings. The van der Waals surface area contributed by atoms with Crippen molar-refractivity contribution < 1.29 is 19.8 Å². The monoisotopic (exact) mass is 496 g/mol. The summed E-state index contributed by atoms with van der Waals surface area (Å²) in [6.45, 7) is 1.32. The van der Waals surface area contributed by atoms with Crippen molar-refractivity contribution in [2.75, 3.05) is 18.4 Å². The quantitative estimate of drug-likeness (QED) is 0.334. The van der Waals surface area contributed by atoms with Crippen LogP contribution < -0.4 is 10.9 Å². The van der Waals surface area contributed by atoms with E-state index in [0.717, 1.165) is 22.2 Å². The fraction of sp³-hybridized carbons (Fsp3) is 0.174. The normalized spacial score (nSPS) is 15.8. The van der Waals surface area contributed by atoms with Gasteiger partial charge in [-0.25, -0.2) is 4.98 Å². The highest BCUT2D eigenvalue weighted by Crippen LogP contribution is 2.33. The molecule has 0 saturated carbocycles. The number of carbonyl (C=O) groups excluding carboxylic acids is 1. The first-order valence-electron chi connectivity index (χ1n) is 10.2. The Morgan fingerprint density at radius 1 is 1.24 bits per heavy atom. The molecule has 34 heavy (non-hydrogen) atoms. The van der Waals surface area contributed by atoms with Crippen LogP contribution in [-0.2, 0) is 9.59 Å². The van der Waals surface area contributed by atoms with Crippen molar-refractivity contribution in [2.45, 2.75) is 13.0 Å². The molecule has 1 saturated heterocycles. The SMILES string of the molecule is Cc1cccn2c(=O)c(/C=C3\SC(=S)N(CC(=O)O)C3=O)c(NC[C@H](O)c3ccccc3)nc12. The van der Waals surface area contributed by atoms with Crippen LogP contribution in [0, 0.1) is 6.92 Å². The molecule has 9 nitrogen and oxygen atoms in total. The predicted octanol–water partition coefficient (Wildman–Crippen LogP) is 2.43. The number of carboxylic acid groups (broad SMARTS) is 1. The second kappa shape index (κ2) is 9.75. The van der Waals surface area contributed by atoms with Crippen molar-refractivity contribution >= 4 is 57.7 Å². The molecule has 0 spiro atoms. The molecule has 1 aromatic carbocycles. The fourth-order valence-electron chi connectivity index (χ4n) is 3.47. The van der Waals surface area contributed by atoms with Crippen LogP contribution in [0.1, 0.15) is 22.8 Å². The molecule has 0 bridgehead atoms. The van der Waals surface area contributed by atoms with Gasteiger partial charge in [0.1, 0.15) is 22.3 Å². The topological polar surface area (TPSA) is 124 Å². The number of benzene rings is 1. The lowest BCUT2D eigenvalue weighted by molar-refractivity contribution is -0.140. The average Bonchev–Trinajstić information content (AvgIpc) is 3.07. The molecule has 1 fully saturated rings. The minimum absolute atomic E-state index is 0.0688. The number of hydrogen-bond donors (Lipinski definition) is 3. The van der Waals surface area contributed by atoms with E-state index in [1.54, 1.807) is 24.4 Å². The highest BCUT2D eigenvalue weighted by Gasteiger charge is 2.34. The van der Waals surface area contributed by atoms with E-state index in [1.165, 1.54) is 10.5 Å². The van der Waals surface area contributed by atoms with Crippen LogP contribution in [0.4, 0.5) is 5.82 Å². The molecular weight excluding hydrogens is 476 g/mol. The Labute approximate surface area is 203 Å². The van der Waals surface area contributed by atoms with Gasteiger partial charge in [-0.15, -0.1) is 0 Å². The molecule has 0 radical (unpaired) electrons.